The van der Waals surface area contributed by atoms with E-state index in [4.69, 9.17) is 8.83 Å². The van der Waals surface area contributed by atoms with Gasteiger partial charge in [0, 0.05) is 60.8 Å². The molecule has 0 saturated carbocycles. The van der Waals surface area contributed by atoms with Gasteiger partial charge in [0.05, 0.1) is 16.4 Å². The average Bonchev–Trinajstić information content (AvgIpc) is 4.05. The van der Waals surface area contributed by atoms with Crippen molar-refractivity contribution in [2.75, 3.05) is 4.90 Å². The number of anilines is 3. The summed E-state index contributed by atoms with van der Waals surface area (Å²) in [5, 5.41) is 6.89. The molecule has 0 saturated heterocycles. The Morgan fingerprint density at radius 2 is 0.812 bits per heavy atom. The molecule has 0 radical (unpaired) electrons. The molecule has 3 heterocycles. The number of rotatable bonds is 7. The molecule has 0 atom stereocenters. The van der Waals surface area contributed by atoms with Gasteiger partial charge >= 0.3 is 0 Å². The number of furan rings is 2. The second-order valence-electron chi connectivity index (χ2n) is 16.4. The SMILES string of the molecule is c1ccc(-c2ccc(N(c3ccc(-c4cccc5c4oc4c(-c6ccccc6)cccc45)cc3)c3ccc(-n4c5ccccc5c5ccc6oc7ccccc7c6c54)cc3)cc2)cc1. The van der Waals surface area contributed by atoms with Crippen molar-refractivity contribution in [1.82, 2.24) is 4.57 Å². The van der Waals surface area contributed by atoms with Gasteiger partial charge in [-0.05, 0) is 95.1 Å². The van der Waals surface area contributed by atoms with Crippen molar-refractivity contribution in [2.45, 2.75) is 0 Å². The Kier molecular flexibility index (Phi) is 8.18. The van der Waals surface area contributed by atoms with Crippen LogP contribution in [0.3, 0.4) is 0 Å². The summed E-state index contributed by atoms with van der Waals surface area (Å²) in [4.78, 5) is 2.34. The third-order valence-electron chi connectivity index (χ3n) is 12.8. The zero-order valence-corrected chi connectivity index (χ0v) is 34.7. The number of benzene rings is 10. The standard InChI is InChI=1S/C60H38N2O2/c1-3-13-39(14-4-1)40-25-29-43(30-26-40)61(44-31-27-42(28-32-44)48-20-12-22-52-51-21-11-19-47(59(51)64-60(48)52)41-15-5-2-6-16-41)45-33-35-46(36-34-45)62-54-23-9-7-17-49(54)50-37-38-56-57(58(50)62)53-18-8-10-24-55(53)63-56/h1-38H. The van der Waals surface area contributed by atoms with Crippen molar-refractivity contribution >= 4 is 82.7 Å². The van der Waals surface area contributed by atoms with Gasteiger partial charge in [-0.15, -0.1) is 0 Å². The molecule has 13 rings (SSSR count). The lowest BCUT2D eigenvalue weighted by Gasteiger charge is -2.26. The van der Waals surface area contributed by atoms with E-state index in [0.29, 0.717) is 0 Å². The molecule has 0 N–H and O–H groups in total. The van der Waals surface area contributed by atoms with Crippen LogP contribution >= 0.6 is 0 Å². The van der Waals surface area contributed by atoms with Crippen molar-refractivity contribution in [3.05, 3.63) is 231 Å². The third kappa shape index (κ3) is 5.70. The van der Waals surface area contributed by atoms with Gasteiger partial charge in [0.2, 0.25) is 0 Å². The second kappa shape index (κ2) is 14.5. The Morgan fingerprint density at radius 3 is 1.47 bits per heavy atom. The van der Waals surface area contributed by atoms with Crippen molar-refractivity contribution in [1.29, 1.82) is 0 Å². The molecule has 3 aromatic heterocycles. The fourth-order valence-corrected chi connectivity index (χ4v) is 9.85. The minimum atomic E-state index is 0.886. The van der Waals surface area contributed by atoms with Crippen LogP contribution in [0.1, 0.15) is 0 Å². The predicted octanol–water partition coefficient (Wildman–Crippen LogP) is 17.1. The van der Waals surface area contributed by atoms with E-state index in [1.165, 1.54) is 21.9 Å². The van der Waals surface area contributed by atoms with Gasteiger partial charge in [-0.25, -0.2) is 0 Å². The Hall–Kier alpha value is -8.60. The van der Waals surface area contributed by atoms with Crippen molar-refractivity contribution < 1.29 is 8.83 Å². The van der Waals surface area contributed by atoms with Crippen LogP contribution in [0.25, 0.3) is 105 Å². The molecule has 0 fully saturated rings. The quantitative estimate of drug-likeness (QED) is 0.161. The lowest BCUT2D eigenvalue weighted by atomic mass is 10.00. The Labute approximate surface area is 369 Å². The molecule has 300 valence electrons. The highest BCUT2D eigenvalue weighted by atomic mass is 16.3. The monoisotopic (exact) mass is 818 g/mol. The van der Waals surface area contributed by atoms with Gasteiger partial charge in [-0.2, -0.15) is 0 Å². The zero-order chi connectivity index (χ0) is 42.1. The van der Waals surface area contributed by atoms with Crippen LogP contribution in [0.5, 0.6) is 0 Å². The first kappa shape index (κ1) is 36.1. The van der Waals surface area contributed by atoms with Crippen molar-refractivity contribution in [3.63, 3.8) is 0 Å². The summed E-state index contributed by atoms with van der Waals surface area (Å²) in [6, 6.07) is 82.0. The summed E-state index contributed by atoms with van der Waals surface area (Å²) in [6.07, 6.45) is 0. The smallest absolute Gasteiger partial charge is 0.143 e. The minimum absolute atomic E-state index is 0.886. The van der Waals surface area contributed by atoms with Crippen molar-refractivity contribution in [3.8, 4) is 39.1 Å². The summed E-state index contributed by atoms with van der Waals surface area (Å²) in [7, 11) is 0. The molecule has 0 aliphatic carbocycles. The first-order valence-electron chi connectivity index (χ1n) is 21.7. The van der Waals surface area contributed by atoms with Crippen LogP contribution in [0.4, 0.5) is 17.1 Å². The molecule has 4 nitrogen and oxygen atoms in total. The van der Waals surface area contributed by atoms with E-state index >= 15 is 0 Å². The fraction of sp³-hybridized carbons (Fsp3) is 0. The van der Waals surface area contributed by atoms with Crippen LogP contribution in [0.15, 0.2) is 239 Å². The number of hydrogen-bond donors (Lipinski definition) is 0. The van der Waals surface area contributed by atoms with Gasteiger partial charge in [-0.3, -0.25) is 0 Å². The zero-order valence-electron chi connectivity index (χ0n) is 34.7. The molecule has 13 aromatic rings. The lowest BCUT2D eigenvalue weighted by Crippen LogP contribution is -2.10. The van der Waals surface area contributed by atoms with Crippen LogP contribution in [0.2, 0.25) is 0 Å². The molecule has 64 heavy (non-hydrogen) atoms. The van der Waals surface area contributed by atoms with Gasteiger partial charge in [0.25, 0.3) is 0 Å². The van der Waals surface area contributed by atoms with Gasteiger partial charge < -0.3 is 18.3 Å². The van der Waals surface area contributed by atoms with Gasteiger partial charge in [-0.1, -0.05) is 158 Å². The summed E-state index contributed by atoms with van der Waals surface area (Å²) < 4.78 is 15.6. The van der Waals surface area contributed by atoms with Gasteiger partial charge in [0.1, 0.15) is 22.3 Å². The highest BCUT2D eigenvalue weighted by Crippen LogP contribution is 2.44. The van der Waals surface area contributed by atoms with E-state index in [-0.39, 0.29) is 0 Å². The molecule has 0 aliphatic heterocycles. The maximum absolute atomic E-state index is 6.81. The first-order valence-corrected chi connectivity index (χ1v) is 21.7. The highest BCUT2D eigenvalue weighted by Gasteiger charge is 2.21. The summed E-state index contributed by atoms with van der Waals surface area (Å²) >= 11 is 0. The van der Waals surface area contributed by atoms with Crippen LogP contribution < -0.4 is 4.90 Å². The number of nitrogens with zero attached hydrogens (tertiary/aromatic N) is 2. The van der Waals surface area contributed by atoms with Crippen LogP contribution in [-0.4, -0.2) is 4.57 Å². The number of fused-ring (bicyclic) bond motifs is 10. The first-order chi connectivity index (χ1) is 31.7. The second-order valence-corrected chi connectivity index (χ2v) is 16.4. The highest BCUT2D eigenvalue weighted by molar-refractivity contribution is 6.24. The minimum Gasteiger partial charge on any atom is -0.456 e. The van der Waals surface area contributed by atoms with Gasteiger partial charge in [0.15, 0.2) is 0 Å². The van der Waals surface area contributed by atoms with E-state index in [0.717, 1.165) is 99.9 Å². The van der Waals surface area contributed by atoms with E-state index < -0.39 is 0 Å². The predicted molar refractivity (Wildman–Crippen MR) is 266 cm³/mol. The topological polar surface area (TPSA) is 34.5 Å². The molecule has 0 bridgehead atoms. The maximum atomic E-state index is 6.81. The normalized spacial score (nSPS) is 11.8. The molecular weight excluding hydrogens is 781 g/mol. The van der Waals surface area contributed by atoms with E-state index in [9.17, 15) is 0 Å². The van der Waals surface area contributed by atoms with Crippen LogP contribution in [-0.2, 0) is 0 Å². The summed E-state index contributed by atoms with van der Waals surface area (Å²) in [5.41, 5.74) is 16.9. The largest absolute Gasteiger partial charge is 0.456 e. The molecule has 10 aromatic carbocycles. The van der Waals surface area contributed by atoms with Crippen molar-refractivity contribution in [2.24, 2.45) is 0 Å². The summed E-state index contributed by atoms with van der Waals surface area (Å²) in [6.45, 7) is 0. The average molecular weight is 819 g/mol. The number of aromatic nitrogens is 1. The third-order valence-corrected chi connectivity index (χ3v) is 12.8. The van der Waals surface area contributed by atoms with E-state index in [2.05, 4.69) is 228 Å². The molecule has 0 aliphatic rings. The number of para-hydroxylation sites is 4. The lowest BCUT2D eigenvalue weighted by molar-refractivity contribution is 0.669. The molecule has 0 amide bonds. The van der Waals surface area contributed by atoms with E-state index in [1.807, 2.05) is 12.1 Å². The molecule has 0 spiro atoms. The fourth-order valence-electron chi connectivity index (χ4n) is 9.85. The Balaban J connectivity index is 0.935. The van der Waals surface area contributed by atoms with E-state index in [1.54, 1.807) is 0 Å². The molecular formula is C60H38N2O2. The summed E-state index contributed by atoms with van der Waals surface area (Å²) in [5.74, 6) is 0. The van der Waals surface area contributed by atoms with Crippen LogP contribution in [0, 0.1) is 0 Å². The Bertz CT molecular complexity index is 3860. The maximum Gasteiger partial charge on any atom is 0.143 e. The Morgan fingerprint density at radius 1 is 0.312 bits per heavy atom. The molecule has 4 heteroatoms. The molecule has 0 unspecified atom stereocenters. The number of hydrogen-bond acceptors (Lipinski definition) is 3.